The first-order valence-electron chi connectivity index (χ1n) is 8.69. The first-order chi connectivity index (χ1) is 13.0. The number of aryl methyl sites for hydroxylation is 1. The summed E-state index contributed by atoms with van der Waals surface area (Å²) in [5, 5.41) is 14.7. The molecule has 156 valence electrons. The molecule has 0 atom stereocenters. The molecule has 0 spiro atoms. The Hall–Kier alpha value is -2.24. The standard InChI is InChI=1S/C18H28N6O3.HI/c1-7-19-18(21-11-16-23-22-12(2)24(16)3)20-10-13-8-14(25-4)17(27-6)15(9-13)26-5;/h8-9H,7,10-11H2,1-6H3,(H2,19,20,21);1H. The largest absolute Gasteiger partial charge is 0.493 e. The molecule has 2 aromatic rings. The van der Waals surface area contributed by atoms with Gasteiger partial charge in [-0.25, -0.2) is 4.99 Å². The molecule has 2 N–H and O–H groups in total. The van der Waals surface area contributed by atoms with E-state index in [1.54, 1.807) is 21.3 Å². The van der Waals surface area contributed by atoms with Gasteiger partial charge in [0.2, 0.25) is 5.75 Å². The third-order valence-electron chi connectivity index (χ3n) is 4.09. The van der Waals surface area contributed by atoms with Crippen LogP contribution in [-0.2, 0) is 20.1 Å². The number of halogens is 1. The van der Waals surface area contributed by atoms with E-state index in [-0.39, 0.29) is 24.0 Å². The van der Waals surface area contributed by atoms with E-state index in [0.29, 0.717) is 36.3 Å². The predicted octanol–water partition coefficient (Wildman–Crippen LogP) is 2.02. The Kier molecular flexibility index (Phi) is 9.83. The lowest BCUT2D eigenvalue weighted by Gasteiger charge is -2.14. The van der Waals surface area contributed by atoms with Crippen LogP contribution in [0.3, 0.4) is 0 Å². The lowest BCUT2D eigenvalue weighted by Crippen LogP contribution is -2.37. The summed E-state index contributed by atoms with van der Waals surface area (Å²) < 4.78 is 18.1. The molecule has 0 fully saturated rings. The Balaban J connectivity index is 0.00000392. The summed E-state index contributed by atoms with van der Waals surface area (Å²) in [5.74, 6) is 4.17. The van der Waals surface area contributed by atoms with E-state index in [4.69, 9.17) is 14.2 Å². The zero-order chi connectivity index (χ0) is 19.8. The average molecular weight is 504 g/mol. The fraction of sp³-hybridized carbons (Fsp3) is 0.500. The summed E-state index contributed by atoms with van der Waals surface area (Å²) in [7, 11) is 6.71. The number of aromatic nitrogens is 3. The van der Waals surface area contributed by atoms with E-state index < -0.39 is 0 Å². The van der Waals surface area contributed by atoms with Crippen molar-refractivity contribution in [3.63, 3.8) is 0 Å². The van der Waals surface area contributed by atoms with E-state index in [1.165, 1.54) is 0 Å². The van der Waals surface area contributed by atoms with Crippen LogP contribution in [0, 0.1) is 6.92 Å². The molecule has 1 aromatic carbocycles. The summed E-state index contributed by atoms with van der Waals surface area (Å²) in [6.45, 7) is 5.66. The highest BCUT2D eigenvalue weighted by Crippen LogP contribution is 2.38. The summed E-state index contributed by atoms with van der Waals surface area (Å²) in [6.07, 6.45) is 0. The molecule has 0 amide bonds. The first-order valence-corrected chi connectivity index (χ1v) is 8.69. The summed E-state index contributed by atoms with van der Waals surface area (Å²) >= 11 is 0. The van der Waals surface area contributed by atoms with Gasteiger partial charge in [-0.3, -0.25) is 0 Å². The van der Waals surface area contributed by atoms with Crippen LogP contribution in [0.4, 0.5) is 0 Å². The molecule has 0 aliphatic rings. The lowest BCUT2D eigenvalue weighted by molar-refractivity contribution is 0.324. The Labute approximate surface area is 182 Å². The van der Waals surface area contributed by atoms with Crippen LogP contribution in [0.2, 0.25) is 0 Å². The fourth-order valence-electron chi connectivity index (χ4n) is 2.51. The van der Waals surface area contributed by atoms with Crippen LogP contribution >= 0.6 is 24.0 Å². The molecule has 1 aromatic heterocycles. The van der Waals surface area contributed by atoms with E-state index in [1.807, 2.05) is 37.6 Å². The van der Waals surface area contributed by atoms with Crippen molar-refractivity contribution in [3.05, 3.63) is 29.3 Å². The summed E-state index contributed by atoms with van der Waals surface area (Å²) in [6, 6.07) is 3.78. The number of aliphatic imine (C=N–C) groups is 1. The average Bonchev–Trinajstić information content (AvgIpc) is 3.01. The topological polar surface area (TPSA) is 94.8 Å². The predicted molar refractivity (Wildman–Crippen MR) is 119 cm³/mol. The van der Waals surface area contributed by atoms with Crippen molar-refractivity contribution in [3.8, 4) is 17.2 Å². The minimum atomic E-state index is 0. The highest BCUT2D eigenvalue weighted by atomic mass is 127. The minimum Gasteiger partial charge on any atom is -0.493 e. The van der Waals surface area contributed by atoms with Gasteiger partial charge in [0.25, 0.3) is 0 Å². The van der Waals surface area contributed by atoms with Gasteiger partial charge in [-0.2, -0.15) is 0 Å². The number of rotatable bonds is 8. The molecule has 1 heterocycles. The van der Waals surface area contributed by atoms with E-state index in [2.05, 4.69) is 25.8 Å². The molecule has 0 saturated carbocycles. The number of nitrogens with one attached hydrogen (secondary N) is 2. The smallest absolute Gasteiger partial charge is 0.203 e. The monoisotopic (exact) mass is 504 g/mol. The Morgan fingerprint density at radius 2 is 1.71 bits per heavy atom. The highest BCUT2D eigenvalue weighted by molar-refractivity contribution is 14.0. The van der Waals surface area contributed by atoms with Crippen molar-refractivity contribution < 1.29 is 14.2 Å². The molecule has 0 radical (unpaired) electrons. The molecule has 0 saturated heterocycles. The zero-order valence-electron chi connectivity index (χ0n) is 17.2. The van der Waals surface area contributed by atoms with Gasteiger partial charge >= 0.3 is 0 Å². The van der Waals surface area contributed by atoms with Crippen molar-refractivity contribution in [1.29, 1.82) is 0 Å². The number of ether oxygens (including phenoxy) is 3. The van der Waals surface area contributed by atoms with Gasteiger partial charge in [0, 0.05) is 13.6 Å². The third-order valence-corrected chi connectivity index (χ3v) is 4.09. The van der Waals surface area contributed by atoms with Crippen molar-refractivity contribution >= 4 is 29.9 Å². The SMILES string of the molecule is CCNC(=NCc1cc(OC)c(OC)c(OC)c1)NCc1nnc(C)n1C.I. The maximum Gasteiger partial charge on any atom is 0.203 e. The molecular weight excluding hydrogens is 475 g/mol. The molecule has 2 rings (SSSR count). The van der Waals surface area contributed by atoms with Gasteiger partial charge in [-0.15, -0.1) is 34.2 Å². The summed E-state index contributed by atoms with van der Waals surface area (Å²) in [5.41, 5.74) is 0.941. The highest BCUT2D eigenvalue weighted by Gasteiger charge is 2.13. The molecule has 28 heavy (non-hydrogen) atoms. The quantitative estimate of drug-likeness (QED) is 0.323. The van der Waals surface area contributed by atoms with E-state index in [0.717, 1.165) is 23.8 Å². The third kappa shape index (κ3) is 5.88. The second-order valence-electron chi connectivity index (χ2n) is 5.80. The number of benzene rings is 1. The van der Waals surface area contributed by atoms with Gasteiger partial charge in [-0.05, 0) is 31.5 Å². The van der Waals surface area contributed by atoms with Crippen molar-refractivity contribution in [1.82, 2.24) is 25.4 Å². The van der Waals surface area contributed by atoms with Crippen LogP contribution in [0.15, 0.2) is 17.1 Å². The van der Waals surface area contributed by atoms with Crippen molar-refractivity contribution in [2.75, 3.05) is 27.9 Å². The van der Waals surface area contributed by atoms with Crippen LogP contribution < -0.4 is 24.8 Å². The van der Waals surface area contributed by atoms with E-state index >= 15 is 0 Å². The number of guanidine groups is 1. The Bertz CT molecular complexity index is 769. The molecule has 0 aliphatic heterocycles. The van der Waals surface area contributed by atoms with Crippen molar-refractivity contribution in [2.45, 2.75) is 26.9 Å². The molecule has 0 bridgehead atoms. The molecule has 0 unspecified atom stereocenters. The van der Waals surface area contributed by atoms with Crippen LogP contribution in [-0.4, -0.2) is 48.6 Å². The lowest BCUT2D eigenvalue weighted by atomic mass is 10.2. The van der Waals surface area contributed by atoms with Gasteiger partial charge in [-0.1, -0.05) is 0 Å². The number of nitrogens with zero attached hydrogens (tertiary/aromatic N) is 4. The summed E-state index contributed by atoms with van der Waals surface area (Å²) in [4.78, 5) is 4.63. The first kappa shape index (κ1) is 23.8. The zero-order valence-corrected chi connectivity index (χ0v) is 19.5. The second kappa shape index (κ2) is 11.6. The van der Waals surface area contributed by atoms with Crippen LogP contribution in [0.5, 0.6) is 17.2 Å². The number of hydrogen-bond donors (Lipinski definition) is 2. The number of hydrogen-bond acceptors (Lipinski definition) is 6. The van der Waals surface area contributed by atoms with Gasteiger partial charge in [0.15, 0.2) is 23.3 Å². The van der Waals surface area contributed by atoms with Gasteiger partial charge in [0.05, 0.1) is 34.4 Å². The number of methoxy groups -OCH3 is 3. The van der Waals surface area contributed by atoms with Crippen LogP contribution in [0.25, 0.3) is 0 Å². The minimum absolute atomic E-state index is 0. The Morgan fingerprint density at radius 3 is 2.18 bits per heavy atom. The molecule has 10 heteroatoms. The van der Waals surface area contributed by atoms with Crippen molar-refractivity contribution in [2.24, 2.45) is 12.0 Å². The van der Waals surface area contributed by atoms with Gasteiger partial charge < -0.3 is 29.4 Å². The second-order valence-corrected chi connectivity index (χ2v) is 5.80. The van der Waals surface area contributed by atoms with Gasteiger partial charge in [0.1, 0.15) is 5.82 Å². The van der Waals surface area contributed by atoms with Crippen LogP contribution in [0.1, 0.15) is 24.1 Å². The van der Waals surface area contributed by atoms with E-state index in [9.17, 15) is 0 Å². The normalized spacial score (nSPS) is 10.9. The fourth-order valence-corrected chi connectivity index (χ4v) is 2.51. The molecule has 9 nitrogen and oxygen atoms in total. The molecular formula is C18H29IN6O3. The maximum atomic E-state index is 5.39. The maximum absolute atomic E-state index is 5.39. The molecule has 0 aliphatic carbocycles. The Morgan fingerprint density at radius 1 is 1.07 bits per heavy atom.